The number of carbonyl (C=O) groups is 2. The van der Waals surface area contributed by atoms with Crippen LogP contribution in [0.1, 0.15) is 27.2 Å². The van der Waals surface area contributed by atoms with E-state index < -0.39 is 0 Å². The fraction of sp³-hybridized carbons (Fsp3) is 0.182. The summed E-state index contributed by atoms with van der Waals surface area (Å²) in [5.41, 5.74) is 3.86. The van der Waals surface area contributed by atoms with Crippen molar-refractivity contribution in [3.05, 3.63) is 77.0 Å². The maximum atomic E-state index is 12.6. The Morgan fingerprint density at radius 1 is 1.03 bits per heavy atom. The lowest BCUT2D eigenvalue weighted by atomic mass is 10.1. The lowest BCUT2D eigenvalue weighted by Crippen LogP contribution is -2.24. The number of H-pyrrole nitrogens is 1. The highest BCUT2D eigenvalue weighted by Crippen LogP contribution is 2.13. The van der Waals surface area contributed by atoms with E-state index >= 15 is 0 Å². The summed E-state index contributed by atoms with van der Waals surface area (Å²) in [6.45, 7) is 3.81. The first-order chi connectivity index (χ1) is 14.4. The van der Waals surface area contributed by atoms with Crippen molar-refractivity contribution in [3.8, 4) is 0 Å². The molecule has 30 heavy (non-hydrogen) atoms. The van der Waals surface area contributed by atoms with E-state index in [1.807, 2.05) is 26.0 Å². The average Bonchev–Trinajstić information content (AvgIpc) is 3.14. The predicted octanol–water partition coefficient (Wildman–Crippen LogP) is 3.46. The number of nitrogens with zero attached hydrogens (tertiary/aromatic N) is 2. The van der Waals surface area contributed by atoms with Crippen LogP contribution in [0.25, 0.3) is 0 Å². The fourth-order valence-corrected chi connectivity index (χ4v) is 2.64. The summed E-state index contributed by atoms with van der Waals surface area (Å²) < 4.78 is 4.68. The molecule has 0 radical (unpaired) electrons. The second-order valence-electron chi connectivity index (χ2n) is 6.75. The molecule has 1 amide bonds. The molecular weight excluding hydrogens is 382 g/mol. The van der Waals surface area contributed by atoms with Gasteiger partial charge in [0.25, 0.3) is 5.91 Å². The van der Waals surface area contributed by atoms with E-state index in [0.717, 1.165) is 16.8 Å². The zero-order valence-electron chi connectivity index (χ0n) is 17.0. The molecule has 0 fully saturated rings. The van der Waals surface area contributed by atoms with Gasteiger partial charge in [0.2, 0.25) is 5.96 Å². The van der Waals surface area contributed by atoms with Gasteiger partial charge < -0.3 is 15.4 Å². The number of ether oxygens (including phenoxy) is 1. The number of aliphatic imine (C=N–C) groups is 1. The third-order valence-corrected chi connectivity index (χ3v) is 4.26. The molecule has 2 aromatic carbocycles. The van der Waals surface area contributed by atoms with Crippen molar-refractivity contribution in [2.75, 3.05) is 17.7 Å². The number of aryl methyl sites for hydroxylation is 2. The largest absolute Gasteiger partial charge is 0.469 e. The van der Waals surface area contributed by atoms with Crippen LogP contribution in [0, 0.1) is 13.8 Å². The van der Waals surface area contributed by atoms with Gasteiger partial charge in [0, 0.05) is 17.3 Å². The molecule has 3 N–H and O–H groups in total. The normalized spacial score (nSPS) is 11.1. The molecule has 0 atom stereocenters. The third kappa shape index (κ3) is 5.78. The maximum Gasteiger partial charge on any atom is 0.309 e. The lowest BCUT2D eigenvalue weighted by molar-refractivity contribution is -0.139. The Kier molecular flexibility index (Phi) is 6.59. The highest BCUT2D eigenvalue weighted by molar-refractivity contribution is 6.11. The Labute approximate surface area is 174 Å². The number of anilines is 2. The van der Waals surface area contributed by atoms with Gasteiger partial charge in [0.15, 0.2) is 0 Å². The number of esters is 1. The minimum atomic E-state index is -0.386. The molecule has 3 rings (SSSR count). The molecule has 0 spiro atoms. The summed E-state index contributed by atoms with van der Waals surface area (Å²) in [6.07, 6.45) is 0.190. The molecule has 8 heteroatoms. The van der Waals surface area contributed by atoms with Crippen molar-refractivity contribution in [3.63, 3.8) is 0 Å². The van der Waals surface area contributed by atoms with Gasteiger partial charge in [-0.15, -0.1) is 0 Å². The molecule has 0 aliphatic rings. The maximum absolute atomic E-state index is 12.6. The van der Waals surface area contributed by atoms with Crippen LogP contribution < -0.4 is 10.6 Å². The SMILES string of the molecule is COC(=O)Cc1ccc(N/C(=N/C(=O)c2ccc(C)cc2)Nc2cc(C)n[nH]2)cc1. The number of guanidine groups is 1. The summed E-state index contributed by atoms with van der Waals surface area (Å²) in [7, 11) is 1.36. The Balaban J connectivity index is 1.81. The van der Waals surface area contributed by atoms with Crippen molar-refractivity contribution in [1.29, 1.82) is 0 Å². The average molecular weight is 405 g/mol. The van der Waals surface area contributed by atoms with Crippen LogP contribution >= 0.6 is 0 Å². The Morgan fingerprint density at radius 2 is 1.73 bits per heavy atom. The summed E-state index contributed by atoms with van der Waals surface area (Å²) in [6, 6.07) is 16.2. The van der Waals surface area contributed by atoms with Crippen molar-refractivity contribution >= 4 is 29.3 Å². The number of amides is 1. The van der Waals surface area contributed by atoms with Gasteiger partial charge in [0.1, 0.15) is 5.82 Å². The molecule has 154 valence electrons. The first kappa shape index (κ1) is 20.8. The van der Waals surface area contributed by atoms with Gasteiger partial charge in [-0.3, -0.25) is 14.7 Å². The van der Waals surface area contributed by atoms with Crippen LogP contribution in [0.5, 0.6) is 0 Å². The minimum Gasteiger partial charge on any atom is -0.469 e. The predicted molar refractivity (Wildman–Crippen MR) is 116 cm³/mol. The quantitative estimate of drug-likeness (QED) is 0.341. The second-order valence-corrected chi connectivity index (χ2v) is 6.75. The molecule has 0 aliphatic heterocycles. The van der Waals surface area contributed by atoms with Crippen LogP contribution in [0.3, 0.4) is 0 Å². The number of benzene rings is 2. The first-order valence-electron chi connectivity index (χ1n) is 9.34. The van der Waals surface area contributed by atoms with E-state index in [0.29, 0.717) is 17.1 Å². The van der Waals surface area contributed by atoms with Crippen LogP contribution in [0.2, 0.25) is 0 Å². The van der Waals surface area contributed by atoms with E-state index in [4.69, 9.17) is 0 Å². The van der Waals surface area contributed by atoms with Gasteiger partial charge in [-0.2, -0.15) is 10.1 Å². The number of nitrogens with one attached hydrogen (secondary N) is 3. The number of methoxy groups -OCH3 is 1. The van der Waals surface area contributed by atoms with Crippen LogP contribution in [-0.4, -0.2) is 35.1 Å². The number of hydrogen-bond donors (Lipinski definition) is 3. The smallest absolute Gasteiger partial charge is 0.309 e. The Hall–Kier alpha value is -3.94. The summed E-state index contributed by atoms with van der Waals surface area (Å²) >= 11 is 0. The van der Waals surface area contributed by atoms with Gasteiger partial charge in [-0.1, -0.05) is 29.8 Å². The lowest BCUT2D eigenvalue weighted by Gasteiger charge is -2.11. The molecule has 0 saturated heterocycles. The monoisotopic (exact) mass is 405 g/mol. The van der Waals surface area contributed by atoms with E-state index in [9.17, 15) is 9.59 Å². The van der Waals surface area contributed by atoms with Crippen molar-refractivity contribution in [1.82, 2.24) is 10.2 Å². The zero-order chi connectivity index (χ0) is 21.5. The van der Waals surface area contributed by atoms with Crippen molar-refractivity contribution in [2.24, 2.45) is 4.99 Å². The molecule has 1 aromatic heterocycles. The number of carbonyl (C=O) groups excluding carboxylic acids is 2. The second kappa shape index (κ2) is 9.51. The highest BCUT2D eigenvalue weighted by atomic mass is 16.5. The molecule has 0 aliphatic carbocycles. The molecule has 0 bridgehead atoms. The first-order valence-corrected chi connectivity index (χ1v) is 9.34. The topological polar surface area (TPSA) is 108 Å². The summed E-state index contributed by atoms with van der Waals surface area (Å²) in [4.78, 5) is 28.2. The standard InChI is InChI=1S/C22H23N5O3/c1-14-4-8-17(9-5-14)21(29)25-22(24-19-12-15(2)26-27-19)23-18-10-6-16(7-11-18)13-20(28)30-3/h4-12H,13H2,1-3H3,(H3,23,24,25,26,27,29). The van der Waals surface area contributed by atoms with E-state index in [-0.39, 0.29) is 24.3 Å². The van der Waals surface area contributed by atoms with Gasteiger partial charge in [-0.05, 0) is 43.7 Å². The number of rotatable bonds is 5. The van der Waals surface area contributed by atoms with Crippen LogP contribution in [0.15, 0.2) is 59.6 Å². The number of hydrogen-bond acceptors (Lipinski definition) is 4. The molecule has 0 unspecified atom stereocenters. The van der Waals surface area contributed by atoms with Crippen LogP contribution in [-0.2, 0) is 16.0 Å². The molecule has 0 saturated carbocycles. The minimum absolute atomic E-state index is 0.190. The molecule has 3 aromatic rings. The zero-order valence-corrected chi connectivity index (χ0v) is 17.0. The third-order valence-electron chi connectivity index (χ3n) is 4.26. The summed E-state index contributed by atoms with van der Waals surface area (Å²) in [5, 5.41) is 13.0. The molecular formula is C22H23N5O3. The molecule has 1 heterocycles. The Bertz CT molecular complexity index is 1050. The fourth-order valence-electron chi connectivity index (χ4n) is 2.64. The molecule has 8 nitrogen and oxygen atoms in total. The van der Waals surface area contributed by atoms with Gasteiger partial charge in [-0.25, -0.2) is 0 Å². The van der Waals surface area contributed by atoms with Crippen molar-refractivity contribution < 1.29 is 14.3 Å². The van der Waals surface area contributed by atoms with Crippen molar-refractivity contribution in [2.45, 2.75) is 20.3 Å². The number of aromatic nitrogens is 2. The van der Waals surface area contributed by atoms with E-state index in [1.165, 1.54) is 7.11 Å². The Morgan fingerprint density at radius 3 is 2.33 bits per heavy atom. The van der Waals surface area contributed by atoms with Gasteiger partial charge >= 0.3 is 5.97 Å². The highest BCUT2D eigenvalue weighted by Gasteiger charge is 2.10. The van der Waals surface area contributed by atoms with Crippen LogP contribution in [0.4, 0.5) is 11.5 Å². The number of aromatic amines is 1. The van der Waals surface area contributed by atoms with Gasteiger partial charge in [0.05, 0.1) is 19.2 Å². The summed E-state index contributed by atoms with van der Waals surface area (Å²) in [5.74, 6) is 0.143. The van der Waals surface area contributed by atoms with E-state index in [2.05, 4.69) is 30.6 Å². The van der Waals surface area contributed by atoms with E-state index in [1.54, 1.807) is 42.5 Å².